The Kier molecular flexibility index (Phi) is 2.56. The topological polar surface area (TPSA) is 34.1 Å². The Balaban J connectivity index is 1.80. The fourth-order valence-electron chi connectivity index (χ4n) is 5.30. The van der Waals surface area contributed by atoms with Crippen molar-refractivity contribution in [2.75, 3.05) is 0 Å². The first-order valence-electron chi connectivity index (χ1n) is 8.13. The zero-order chi connectivity index (χ0) is 14.8. The smallest absolute Gasteiger partial charge is 0.178 e. The molecule has 0 aromatic carbocycles. The molecular formula is C19H22O2. The van der Waals surface area contributed by atoms with Gasteiger partial charge in [-0.1, -0.05) is 30.2 Å². The maximum atomic E-state index is 12.3. The summed E-state index contributed by atoms with van der Waals surface area (Å²) in [6.45, 7) is 4.42. The van der Waals surface area contributed by atoms with Gasteiger partial charge in [0.1, 0.15) is 5.78 Å². The number of carbonyl (C=O) groups is 2. The number of allylic oxidation sites excluding steroid dienone is 6. The van der Waals surface area contributed by atoms with Crippen LogP contribution in [0.15, 0.2) is 35.5 Å². The van der Waals surface area contributed by atoms with E-state index in [-0.39, 0.29) is 16.6 Å². The Morgan fingerprint density at radius 3 is 2.76 bits per heavy atom. The number of fused-ring (bicyclic) bond motifs is 5. The van der Waals surface area contributed by atoms with Gasteiger partial charge in [-0.05, 0) is 56.6 Å². The summed E-state index contributed by atoms with van der Waals surface area (Å²) >= 11 is 0. The molecule has 0 spiro atoms. The van der Waals surface area contributed by atoms with E-state index >= 15 is 0 Å². The molecule has 2 saturated carbocycles. The molecule has 4 aliphatic rings. The molecule has 0 saturated heterocycles. The molecule has 0 unspecified atom stereocenters. The molecule has 4 atom stereocenters. The molecule has 0 aromatic heterocycles. The van der Waals surface area contributed by atoms with Crippen molar-refractivity contribution in [3.63, 3.8) is 0 Å². The molecule has 0 radical (unpaired) electrons. The highest BCUT2D eigenvalue weighted by atomic mass is 16.1. The SMILES string of the molecule is C[C@]12C=CC(=O)C=C1CC[C@@H]1C2=CC[C@]2(C)C(=O)CC[C@@H]12. The lowest BCUT2D eigenvalue weighted by molar-refractivity contribution is -0.127. The van der Waals surface area contributed by atoms with Gasteiger partial charge >= 0.3 is 0 Å². The molecule has 0 amide bonds. The molecule has 0 heterocycles. The summed E-state index contributed by atoms with van der Waals surface area (Å²) in [4.78, 5) is 24.0. The van der Waals surface area contributed by atoms with Crippen LogP contribution in [0.5, 0.6) is 0 Å². The summed E-state index contributed by atoms with van der Waals surface area (Å²) in [5.41, 5.74) is 2.54. The number of ketones is 2. The second-order valence-corrected chi connectivity index (χ2v) is 7.60. The zero-order valence-corrected chi connectivity index (χ0v) is 12.8. The number of Topliss-reactive ketones (excluding diaryl/α,β-unsaturated/α-hetero) is 1. The first kappa shape index (κ1) is 13.2. The number of hydrogen-bond acceptors (Lipinski definition) is 2. The monoisotopic (exact) mass is 282 g/mol. The number of hydrogen-bond donors (Lipinski definition) is 0. The van der Waals surface area contributed by atoms with Crippen molar-refractivity contribution in [1.82, 2.24) is 0 Å². The average Bonchev–Trinajstić information content (AvgIpc) is 2.76. The standard InChI is InChI=1S/C19H22O2/c1-18-9-7-13(20)11-12(18)3-4-14-15-5-6-17(21)19(15,2)10-8-16(14)18/h7-9,11,14-15H,3-6,10H2,1-2H3/t14-,15-,18-,19-/m0/s1. The van der Waals surface area contributed by atoms with E-state index in [4.69, 9.17) is 0 Å². The summed E-state index contributed by atoms with van der Waals surface area (Å²) in [6.07, 6.45) is 12.8. The van der Waals surface area contributed by atoms with E-state index in [1.54, 1.807) is 6.08 Å². The second kappa shape index (κ2) is 4.06. The molecule has 21 heavy (non-hydrogen) atoms. The van der Waals surface area contributed by atoms with Crippen molar-refractivity contribution in [3.8, 4) is 0 Å². The van der Waals surface area contributed by atoms with Crippen LogP contribution in [0.2, 0.25) is 0 Å². The predicted molar refractivity (Wildman–Crippen MR) is 81.6 cm³/mol. The highest BCUT2D eigenvalue weighted by molar-refractivity contribution is 6.01. The molecule has 0 bridgehead atoms. The normalized spacial score (nSPS) is 44.7. The van der Waals surface area contributed by atoms with Crippen LogP contribution in [-0.4, -0.2) is 11.6 Å². The predicted octanol–water partition coefficient (Wildman–Crippen LogP) is 3.78. The van der Waals surface area contributed by atoms with Crippen molar-refractivity contribution in [1.29, 1.82) is 0 Å². The van der Waals surface area contributed by atoms with Crippen molar-refractivity contribution >= 4 is 11.6 Å². The molecule has 2 fully saturated rings. The van der Waals surface area contributed by atoms with Crippen LogP contribution in [0.3, 0.4) is 0 Å². The fraction of sp³-hybridized carbons (Fsp3) is 0.579. The van der Waals surface area contributed by atoms with Crippen LogP contribution in [0.4, 0.5) is 0 Å². The van der Waals surface area contributed by atoms with Gasteiger partial charge in [-0.25, -0.2) is 0 Å². The van der Waals surface area contributed by atoms with Crippen LogP contribution in [-0.2, 0) is 9.59 Å². The summed E-state index contributed by atoms with van der Waals surface area (Å²) in [5, 5.41) is 0. The zero-order valence-electron chi connectivity index (χ0n) is 12.8. The summed E-state index contributed by atoms with van der Waals surface area (Å²) in [7, 11) is 0. The van der Waals surface area contributed by atoms with Gasteiger partial charge in [0.15, 0.2) is 5.78 Å². The van der Waals surface area contributed by atoms with E-state index < -0.39 is 0 Å². The lowest BCUT2D eigenvalue weighted by Crippen LogP contribution is -2.43. The van der Waals surface area contributed by atoms with Crippen LogP contribution in [0.25, 0.3) is 0 Å². The molecule has 0 aliphatic heterocycles. The van der Waals surface area contributed by atoms with Crippen LogP contribution in [0, 0.1) is 22.7 Å². The maximum Gasteiger partial charge on any atom is 0.178 e. The molecule has 4 rings (SSSR count). The second-order valence-electron chi connectivity index (χ2n) is 7.60. The first-order chi connectivity index (χ1) is 9.95. The van der Waals surface area contributed by atoms with Gasteiger partial charge in [-0.3, -0.25) is 9.59 Å². The van der Waals surface area contributed by atoms with Gasteiger partial charge in [-0.15, -0.1) is 0 Å². The van der Waals surface area contributed by atoms with Gasteiger partial charge in [-0.2, -0.15) is 0 Å². The van der Waals surface area contributed by atoms with E-state index in [1.807, 2.05) is 6.08 Å². The third-order valence-corrected chi connectivity index (χ3v) is 6.66. The van der Waals surface area contributed by atoms with Gasteiger partial charge in [0.25, 0.3) is 0 Å². The van der Waals surface area contributed by atoms with Gasteiger partial charge < -0.3 is 0 Å². The van der Waals surface area contributed by atoms with Crippen molar-refractivity contribution in [2.45, 2.75) is 46.0 Å². The van der Waals surface area contributed by atoms with Crippen molar-refractivity contribution < 1.29 is 9.59 Å². The molecule has 110 valence electrons. The maximum absolute atomic E-state index is 12.3. The highest BCUT2D eigenvalue weighted by Gasteiger charge is 2.55. The Hall–Kier alpha value is -1.44. The Labute approximate surface area is 126 Å². The van der Waals surface area contributed by atoms with Gasteiger partial charge in [0.05, 0.1) is 0 Å². The van der Waals surface area contributed by atoms with E-state index in [0.29, 0.717) is 17.6 Å². The minimum Gasteiger partial charge on any atom is -0.299 e. The van der Waals surface area contributed by atoms with Crippen molar-refractivity contribution in [3.05, 3.63) is 35.5 Å². The van der Waals surface area contributed by atoms with Crippen LogP contribution in [0.1, 0.15) is 46.0 Å². The lowest BCUT2D eigenvalue weighted by atomic mass is 9.53. The Morgan fingerprint density at radius 1 is 1.14 bits per heavy atom. The van der Waals surface area contributed by atoms with Crippen LogP contribution < -0.4 is 0 Å². The van der Waals surface area contributed by atoms with Gasteiger partial charge in [0.2, 0.25) is 0 Å². The summed E-state index contributed by atoms with van der Waals surface area (Å²) in [5.74, 6) is 1.62. The summed E-state index contributed by atoms with van der Waals surface area (Å²) in [6, 6.07) is 0. The molecule has 2 nitrogen and oxygen atoms in total. The van der Waals surface area contributed by atoms with E-state index in [0.717, 1.165) is 32.1 Å². The number of carbonyl (C=O) groups excluding carboxylic acids is 2. The molecule has 4 aliphatic carbocycles. The lowest BCUT2D eigenvalue weighted by Gasteiger charge is -2.50. The fourth-order valence-corrected chi connectivity index (χ4v) is 5.30. The minimum absolute atomic E-state index is 0.0796. The summed E-state index contributed by atoms with van der Waals surface area (Å²) < 4.78 is 0. The van der Waals surface area contributed by atoms with E-state index in [9.17, 15) is 9.59 Å². The van der Waals surface area contributed by atoms with E-state index in [1.165, 1.54) is 11.1 Å². The first-order valence-corrected chi connectivity index (χ1v) is 8.13. The van der Waals surface area contributed by atoms with E-state index in [2.05, 4.69) is 26.0 Å². The quantitative estimate of drug-likeness (QED) is 0.634. The third-order valence-electron chi connectivity index (χ3n) is 6.66. The molecular weight excluding hydrogens is 260 g/mol. The van der Waals surface area contributed by atoms with Crippen LogP contribution >= 0.6 is 0 Å². The average molecular weight is 282 g/mol. The highest BCUT2D eigenvalue weighted by Crippen LogP contribution is 2.61. The molecule has 0 N–H and O–H groups in total. The Morgan fingerprint density at radius 2 is 1.95 bits per heavy atom. The molecule has 2 heteroatoms. The largest absolute Gasteiger partial charge is 0.299 e. The van der Waals surface area contributed by atoms with Gasteiger partial charge in [0, 0.05) is 17.3 Å². The molecule has 0 aromatic rings. The van der Waals surface area contributed by atoms with Crippen molar-refractivity contribution in [2.24, 2.45) is 22.7 Å². The Bertz CT molecular complexity index is 636. The number of rotatable bonds is 0. The third kappa shape index (κ3) is 1.59. The minimum atomic E-state index is -0.125.